The number of anilines is 1. The number of benzene rings is 3. The molecule has 200 valence electrons. The molecule has 1 aliphatic heterocycles. The number of hydrogen-bond donors (Lipinski definition) is 2. The smallest absolute Gasteiger partial charge is 0.214 e. The van der Waals surface area contributed by atoms with E-state index in [0.29, 0.717) is 48.6 Å². The number of para-hydroxylation sites is 1. The third-order valence-corrected chi connectivity index (χ3v) is 9.86. The van der Waals surface area contributed by atoms with E-state index in [1.165, 1.54) is 12.0 Å². The van der Waals surface area contributed by atoms with Crippen molar-refractivity contribution in [1.82, 2.24) is 9.62 Å². The normalized spacial score (nSPS) is 20.3. The van der Waals surface area contributed by atoms with Crippen molar-refractivity contribution in [2.24, 2.45) is 5.92 Å². The standard InChI is InChI=1S/C31H37N3O3S/c32-29-9-5-4-8-27(29)20-31(35)26-12-10-23(11-13-26)16-19-38(36,37)34-17-14-24(15-18-34)22-33-30-21-28(30)25-6-2-1-3-7-25/h1-13,24,28,30,33H,14-22,32H2. The van der Waals surface area contributed by atoms with Gasteiger partial charge in [-0.1, -0.05) is 72.8 Å². The molecule has 3 aromatic rings. The Morgan fingerprint density at radius 2 is 1.61 bits per heavy atom. The van der Waals surface area contributed by atoms with E-state index in [1.54, 1.807) is 22.5 Å². The van der Waals surface area contributed by atoms with Gasteiger partial charge >= 0.3 is 0 Å². The molecule has 7 heteroatoms. The van der Waals surface area contributed by atoms with Gasteiger partial charge in [-0.2, -0.15) is 0 Å². The molecule has 3 aromatic carbocycles. The lowest BCUT2D eigenvalue weighted by molar-refractivity contribution is 0.0993. The van der Waals surface area contributed by atoms with E-state index in [-0.39, 0.29) is 18.0 Å². The minimum absolute atomic E-state index is 0.00305. The second-order valence-electron chi connectivity index (χ2n) is 10.7. The van der Waals surface area contributed by atoms with Gasteiger partial charge in [-0.15, -0.1) is 0 Å². The van der Waals surface area contributed by atoms with Crippen LogP contribution >= 0.6 is 0 Å². The quantitative estimate of drug-likeness (QED) is 0.282. The van der Waals surface area contributed by atoms with Gasteiger partial charge in [0, 0.05) is 42.7 Å². The summed E-state index contributed by atoms with van der Waals surface area (Å²) in [5, 5.41) is 3.71. The fourth-order valence-electron chi connectivity index (χ4n) is 5.40. The van der Waals surface area contributed by atoms with Gasteiger partial charge in [0.1, 0.15) is 0 Å². The maximum absolute atomic E-state index is 13.0. The van der Waals surface area contributed by atoms with Gasteiger partial charge in [-0.3, -0.25) is 4.79 Å². The highest BCUT2D eigenvalue weighted by atomic mass is 32.2. The van der Waals surface area contributed by atoms with Gasteiger partial charge in [0.2, 0.25) is 10.0 Å². The average Bonchev–Trinajstić information content (AvgIpc) is 3.73. The van der Waals surface area contributed by atoms with Crippen LogP contribution in [0, 0.1) is 5.92 Å². The molecule has 2 fully saturated rings. The van der Waals surface area contributed by atoms with E-state index in [2.05, 4.69) is 35.6 Å². The predicted molar refractivity (Wildman–Crippen MR) is 153 cm³/mol. The number of nitrogens with one attached hydrogen (secondary N) is 1. The lowest BCUT2D eigenvalue weighted by atomic mass is 9.98. The molecule has 2 atom stereocenters. The van der Waals surface area contributed by atoms with Crippen LogP contribution in [0.15, 0.2) is 78.9 Å². The summed E-state index contributed by atoms with van der Waals surface area (Å²) >= 11 is 0. The average molecular weight is 532 g/mol. The molecular formula is C31H37N3O3S. The van der Waals surface area contributed by atoms with Crippen molar-refractivity contribution in [1.29, 1.82) is 0 Å². The summed E-state index contributed by atoms with van der Waals surface area (Å²) in [7, 11) is -3.31. The second kappa shape index (κ2) is 11.8. The van der Waals surface area contributed by atoms with Crippen molar-refractivity contribution in [3.63, 3.8) is 0 Å². The fourth-order valence-corrected chi connectivity index (χ4v) is 6.92. The minimum atomic E-state index is -3.31. The number of nitrogens with two attached hydrogens (primary N) is 1. The van der Waals surface area contributed by atoms with Gasteiger partial charge in [0.25, 0.3) is 0 Å². The number of sulfonamides is 1. The molecule has 0 radical (unpaired) electrons. The molecule has 1 saturated carbocycles. The molecule has 38 heavy (non-hydrogen) atoms. The zero-order chi connectivity index (χ0) is 26.5. The van der Waals surface area contributed by atoms with Gasteiger partial charge in [-0.25, -0.2) is 12.7 Å². The zero-order valence-electron chi connectivity index (χ0n) is 21.8. The van der Waals surface area contributed by atoms with Crippen molar-refractivity contribution in [2.45, 2.75) is 44.1 Å². The van der Waals surface area contributed by atoms with Crippen LogP contribution in [-0.4, -0.2) is 49.9 Å². The summed E-state index contributed by atoms with van der Waals surface area (Å²) in [5.74, 6) is 1.22. The molecular weight excluding hydrogens is 494 g/mol. The molecule has 3 N–H and O–H groups in total. The van der Waals surface area contributed by atoms with Crippen molar-refractivity contribution in [2.75, 3.05) is 31.1 Å². The Labute approximate surface area is 226 Å². The van der Waals surface area contributed by atoms with Crippen LogP contribution < -0.4 is 11.1 Å². The summed E-state index contributed by atoms with van der Waals surface area (Å²) in [5.41, 5.74) is 10.3. The number of nitrogen functional groups attached to an aromatic ring is 1. The topological polar surface area (TPSA) is 92.5 Å². The Hall–Kier alpha value is -3.00. The number of rotatable bonds is 11. The Kier molecular flexibility index (Phi) is 8.27. The maximum atomic E-state index is 13.0. The predicted octanol–water partition coefficient (Wildman–Crippen LogP) is 4.42. The third-order valence-electron chi connectivity index (χ3n) is 7.98. The highest BCUT2D eigenvalue weighted by Crippen LogP contribution is 2.40. The lowest BCUT2D eigenvalue weighted by Gasteiger charge is -2.31. The first-order valence-corrected chi connectivity index (χ1v) is 15.2. The zero-order valence-corrected chi connectivity index (χ0v) is 22.6. The molecule has 0 amide bonds. The number of aryl methyl sites for hydroxylation is 1. The Bertz CT molecular complexity index is 1330. The number of ketones is 1. The summed E-state index contributed by atoms with van der Waals surface area (Å²) in [6, 6.07) is 25.9. The molecule has 2 unspecified atom stereocenters. The van der Waals surface area contributed by atoms with E-state index in [9.17, 15) is 13.2 Å². The third kappa shape index (κ3) is 6.70. The summed E-state index contributed by atoms with van der Waals surface area (Å²) in [6.45, 7) is 2.15. The SMILES string of the molecule is Nc1ccccc1CC(=O)c1ccc(CCS(=O)(=O)N2CCC(CNC3CC3c3ccccc3)CC2)cc1. The van der Waals surface area contributed by atoms with Gasteiger partial charge in [-0.05, 0) is 60.9 Å². The van der Waals surface area contributed by atoms with E-state index in [4.69, 9.17) is 5.73 Å². The van der Waals surface area contributed by atoms with Crippen LogP contribution in [-0.2, 0) is 22.9 Å². The van der Waals surface area contributed by atoms with Crippen molar-refractivity contribution >= 4 is 21.5 Å². The molecule has 6 nitrogen and oxygen atoms in total. The molecule has 0 bridgehead atoms. The summed E-state index contributed by atoms with van der Waals surface area (Å²) in [4.78, 5) is 12.6. The summed E-state index contributed by atoms with van der Waals surface area (Å²) < 4.78 is 27.7. The molecule has 1 saturated heterocycles. The Morgan fingerprint density at radius 3 is 2.32 bits per heavy atom. The number of hydrogen-bond acceptors (Lipinski definition) is 5. The lowest BCUT2D eigenvalue weighted by Crippen LogP contribution is -2.42. The largest absolute Gasteiger partial charge is 0.398 e. The van der Waals surface area contributed by atoms with Crippen LogP contribution in [0.3, 0.4) is 0 Å². The Balaban J connectivity index is 1.04. The molecule has 0 aromatic heterocycles. The van der Waals surface area contributed by atoms with E-state index >= 15 is 0 Å². The summed E-state index contributed by atoms with van der Waals surface area (Å²) in [6.07, 6.45) is 3.68. The van der Waals surface area contributed by atoms with Crippen LogP contribution in [0.5, 0.6) is 0 Å². The van der Waals surface area contributed by atoms with Gasteiger partial charge in [0.15, 0.2) is 5.78 Å². The van der Waals surface area contributed by atoms with Gasteiger partial charge in [0.05, 0.1) is 5.75 Å². The first-order chi connectivity index (χ1) is 18.4. The van der Waals surface area contributed by atoms with Crippen LogP contribution in [0.2, 0.25) is 0 Å². The van der Waals surface area contributed by atoms with Gasteiger partial charge < -0.3 is 11.1 Å². The number of piperidine rings is 1. The molecule has 2 aliphatic rings. The van der Waals surface area contributed by atoms with Crippen LogP contribution in [0.1, 0.15) is 52.2 Å². The first-order valence-electron chi connectivity index (χ1n) is 13.6. The van der Waals surface area contributed by atoms with Crippen molar-refractivity contribution in [3.05, 3.63) is 101 Å². The number of Topliss-reactive ketones (excluding diaryl/α,β-unsaturated/α-hetero) is 1. The monoisotopic (exact) mass is 531 g/mol. The molecule has 1 heterocycles. The molecule has 5 rings (SSSR count). The minimum Gasteiger partial charge on any atom is -0.398 e. The highest BCUT2D eigenvalue weighted by molar-refractivity contribution is 7.89. The highest BCUT2D eigenvalue weighted by Gasteiger charge is 2.38. The van der Waals surface area contributed by atoms with E-state index in [0.717, 1.165) is 30.5 Å². The molecule has 1 aliphatic carbocycles. The van der Waals surface area contributed by atoms with Crippen LogP contribution in [0.4, 0.5) is 5.69 Å². The Morgan fingerprint density at radius 1 is 0.921 bits per heavy atom. The fraction of sp³-hybridized carbons (Fsp3) is 0.387. The van der Waals surface area contributed by atoms with Crippen molar-refractivity contribution < 1.29 is 13.2 Å². The number of nitrogens with zero attached hydrogens (tertiary/aromatic N) is 1. The maximum Gasteiger partial charge on any atom is 0.214 e. The van der Waals surface area contributed by atoms with E-state index in [1.807, 2.05) is 30.3 Å². The second-order valence-corrected chi connectivity index (χ2v) is 12.8. The van der Waals surface area contributed by atoms with Crippen LogP contribution in [0.25, 0.3) is 0 Å². The number of carbonyl (C=O) groups excluding carboxylic acids is 1. The first kappa shape index (κ1) is 26.6. The van der Waals surface area contributed by atoms with Crippen molar-refractivity contribution in [3.8, 4) is 0 Å². The van der Waals surface area contributed by atoms with E-state index < -0.39 is 10.0 Å². The number of carbonyl (C=O) groups is 1. The molecule has 0 spiro atoms.